The van der Waals surface area contributed by atoms with Crippen LogP contribution < -0.4 is 0 Å². The van der Waals surface area contributed by atoms with Crippen molar-refractivity contribution in [2.24, 2.45) is 0 Å². The molecule has 0 fully saturated rings. The molecule has 0 aromatic rings. The first kappa shape index (κ1) is 24.2. The van der Waals surface area contributed by atoms with Gasteiger partial charge < -0.3 is 14.4 Å². The van der Waals surface area contributed by atoms with Gasteiger partial charge in [-0.2, -0.15) is 0 Å². The van der Waals surface area contributed by atoms with Gasteiger partial charge in [-0.3, -0.25) is 0 Å². The number of unbranched alkanes of at least 4 members (excludes halogenated alkanes) is 9. The number of hydrogen-bond donors (Lipinski definition) is 0. The molecule has 0 aliphatic carbocycles. The summed E-state index contributed by atoms with van der Waals surface area (Å²) in [6.45, 7) is 7.46. The lowest BCUT2D eigenvalue weighted by molar-refractivity contribution is 0.0193. The molecule has 0 aliphatic rings. The van der Waals surface area contributed by atoms with Crippen molar-refractivity contribution in [3.05, 3.63) is 6.92 Å². The number of hydrogen-bond acceptors (Lipinski definition) is 4. The van der Waals surface area contributed by atoms with Gasteiger partial charge in [0.2, 0.25) is 0 Å². The zero-order valence-corrected chi connectivity index (χ0v) is 17.1. The van der Waals surface area contributed by atoms with Crippen molar-refractivity contribution >= 4 is 6.16 Å². The molecule has 0 aromatic heterocycles. The Morgan fingerprint density at radius 3 is 2.00 bits per heavy atom. The maximum atomic E-state index is 11.7. The van der Waals surface area contributed by atoms with E-state index in [1.807, 2.05) is 14.1 Å². The van der Waals surface area contributed by atoms with Crippen LogP contribution >= 0.6 is 0 Å². The van der Waals surface area contributed by atoms with E-state index in [0.717, 1.165) is 25.8 Å². The van der Waals surface area contributed by atoms with Crippen LogP contribution in [0.25, 0.3) is 0 Å². The van der Waals surface area contributed by atoms with Gasteiger partial charge in [0, 0.05) is 6.54 Å². The average Bonchev–Trinajstić information content (AvgIpc) is 2.59. The monoisotopic (exact) mass is 356 g/mol. The molecule has 1 unspecified atom stereocenters. The molecule has 0 heterocycles. The van der Waals surface area contributed by atoms with E-state index in [2.05, 4.69) is 18.7 Å². The molecule has 0 N–H and O–H groups in total. The number of nitrogens with zero attached hydrogens (tertiary/aromatic N) is 1. The molecule has 0 saturated carbocycles. The number of rotatable bonds is 17. The number of carbonyl (C=O) groups is 1. The van der Waals surface area contributed by atoms with Gasteiger partial charge in [-0.05, 0) is 46.7 Å². The molecule has 149 valence electrons. The second kappa shape index (κ2) is 18.0. The molecule has 4 heteroatoms. The molecule has 0 bridgehead atoms. The van der Waals surface area contributed by atoms with E-state index in [4.69, 9.17) is 9.47 Å². The molecule has 4 nitrogen and oxygen atoms in total. The lowest BCUT2D eigenvalue weighted by atomic mass is 10.0. The van der Waals surface area contributed by atoms with E-state index in [-0.39, 0.29) is 6.10 Å². The van der Waals surface area contributed by atoms with Crippen LogP contribution in [0.15, 0.2) is 0 Å². The summed E-state index contributed by atoms with van der Waals surface area (Å²) in [5.74, 6) is 0. The summed E-state index contributed by atoms with van der Waals surface area (Å²) in [5, 5.41) is 0. The van der Waals surface area contributed by atoms with Gasteiger partial charge in [0.1, 0.15) is 6.10 Å². The van der Waals surface area contributed by atoms with Crippen LogP contribution in [-0.2, 0) is 9.47 Å². The van der Waals surface area contributed by atoms with E-state index in [9.17, 15) is 4.79 Å². The Balaban J connectivity index is 3.50. The normalized spacial score (nSPS) is 12.4. The van der Waals surface area contributed by atoms with Crippen molar-refractivity contribution in [1.82, 2.24) is 4.90 Å². The Morgan fingerprint density at radius 1 is 0.920 bits per heavy atom. The summed E-state index contributed by atoms with van der Waals surface area (Å²) in [6.07, 6.45) is 14.8. The smallest absolute Gasteiger partial charge is 0.434 e. The standard InChI is InChI=1S/C21H42NO3/c1-5-7-8-9-10-11-12-13-14-15-17-20(6-2)25-21(23)24-19-16-18-22(3)4/h20H,2,5-19H2,1,3-4H3. The molecule has 0 rings (SSSR count). The van der Waals surface area contributed by atoms with Gasteiger partial charge in [0.05, 0.1) is 6.61 Å². The Hall–Kier alpha value is -0.770. The highest BCUT2D eigenvalue weighted by molar-refractivity contribution is 5.60. The maximum absolute atomic E-state index is 11.7. The van der Waals surface area contributed by atoms with Gasteiger partial charge >= 0.3 is 6.16 Å². The van der Waals surface area contributed by atoms with E-state index < -0.39 is 6.16 Å². The fourth-order valence-electron chi connectivity index (χ4n) is 2.83. The topological polar surface area (TPSA) is 38.8 Å². The number of carbonyl (C=O) groups excluding carboxylic acids is 1. The van der Waals surface area contributed by atoms with E-state index in [1.54, 1.807) is 0 Å². The minimum Gasteiger partial charge on any atom is -0.434 e. The van der Waals surface area contributed by atoms with Crippen LogP contribution in [0.5, 0.6) is 0 Å². The van der Waals surface area contributed by atoms with Gasteiger partial charge in [0.25, 0.3) is 0 Å². The molecular weight excluding hydrogens is 314 g/mol. The molecule has 1 atom stereocenters. The molecule has 1 radical (unpaired) electrons. The quantitative estimate of drug-likeness (QED) is 0.237. The molecule has 0 spiro atoms. The second-order valence-corrected chi connectivity index (χ2v) is 7.25. The van der Waals surface area contributed by atoms with Crippen LogP contribution in [-0.4, -0.2) is 44.4 Å². The van der Waals surface area contributed by atoms with Crippen LogP contribution in [0.2, 0.25) is 0 Å². The van der Waals surface area contributed by atoms with Crippen LogP contribution in [0.4, 0.5) is 4.79 Å². The van der Waals surface area contributed by atoms with Gasteiger partial charge in [-0.1, -0.05) is 64.7 Å². The van der Waals surface area contributed by atoms with Gasteiger partial charge in [-0.15, -0.1) is 0 Å². The minimum absolute atomic E-state index is 0.101. The van der Waals surface area contributed by atoms with Crippen LogP contribution in [0.3, 0.4) is 0 Å². The summed E-state index contributed by atoms with van der Waals surface area (Å²) in [5.41, 5.74) is 0. The Morgan fingerprint density at radius 2 is 1.48 bits per heavy atom. The van der Waals surface area contributed by atoms with E-state index in [1.165, 1.54) is 57.8 Å². The van der Waals surface area contributed by atoms with Gasteiger partial charge in [-0.25, -0.2) is 4.79 Å². The Kier molecular flexibility index (Phi) is 17.5. The molecule has 0 aliphatic heterocycles. The average molecular weight is 357 g/mol. The summed E-state index contributed by atoms with van der Waals surface area (Å²) in [6, 6.07) is 0. The lowest BCUT2D eigenvalue weighted by Gasteiger charge is -2.16. The summed E-state index contributed by atoms with van der Waals surface area (Å²) >= 11 is 0. The van der Waals surface area contributed by atoms with E-state index in [0.29, 0.717) is 13.0 Å². The molecule has 0 aromatic carbocycles. The van der Waals surface area contributed by atoms with Crippen molar-refractivity contribution in [3.8, 4) is 0 Å². The molecule has 0 amide bonds. The van der Waals surface area contributed by atoms with Crippen LogP contribution in [0, 0.1) is 6.92 Å². The molecular formula is C21H42NO3. The zero-order valence-electron chi connectivity index (χ0n) is 17.1. The van der Waals surface area contributed by atoms with E-state index >= 15 is 0 Å². The fourth-order valence-corrected chi connectivity index (χ4v) is 2.83. The first-order valence-corrected chi connectivity index (χ1v) is 10.4. The first-order valence-electron chi connectivity index (χ1n) is 10.4. The predicted molar refractivity (Wildman–Crippen MR) is 106 cm³/mol. The first-order chi connectivity index (χ1) is 12.1. The summed E-state index contributed by atoms with van der Waals surface area (Å²) in [7, 11) is 4.01. The largest absolute Gasteiger partial charge is 0.508 e. The summed E-state index contributed by atoms with van der Waals surface area (Å²) < 4.78 is 10.5. The van der Waals surface area contributed by atoms with Crippen molar-refractivity contribution in [1.29, 1.82) is 0 Å². The Labute approximate surface area is 156 Å². The number of ether oxygens (including phenoxy) is 2. The molecule has 25 heavy (non-hydrogen) atoms. The summed E-state index contributed by atoms with van der Waals surface area (Å²) in [4.78, 5) is 13.7. The second-order valence-electron chi connectivity index (χ2n) is 7.25. The highest BCUT2D eigenvalue weighted by Gasteiger charge is 2.13. The van der Waals surface area contributed by atoms with Crippen molar-refractivity contribution in [2.45, 2.75) is 96.5 Å². The maximum Gasteiger partial charge on any atom is 0.508 e. The zero-order chi connectivity index (χ0) is 18.8. The van der Waals surface area contributed by atoms with Crippen LogP contribution in [0.1, 0.15) is 90.4 Å². The third kappa shape index (κ3) is 17.8. The third-order valence-corrected chi connectivity index (χ3v) is 4.43. The fraction of sp³-hybridized carbons (Fsp3) is 0.905. The third-order valence-electron chi connectivity index (χ3n) is 4.43. The van der Waals surface area contributed by atoms with Crippen molar-refractivity contribution < 1.29 is 14.3 Å². The molecule has 0 saturated heterocycles. The predicted octanol–water partition coefficient (Wildman–Crippen LogP) is 6.00. The van der Waals surface area contributed by atoms with Crippen molar-refractivity contribution in [3.63, 3.8) is 0 Å². The van der Waals surface area contributed by atoms with Crippen molar-refractivity contribution in [2.75, 3.05) is 27.2 Å². The lowest BCUT2D eigenvalue weighted by Crippen LogP contribution is -2.20. The van der Waals surface area contributed by atoms with Gasteiger partial charge in [0.15, 0.2) is 0 Å². The highest BCUT2D eigenvalue weighted by atomic mass is 16.7. The SMILES string of the molecule is [CH2]CC(CCCCCCCCCCCC)OC(=O)OCCCN(C)C. The Bertz CT molecular complexity index is 295. The minimum atomic E-state index is -0.542. The highest BCUT2D eigenvalue weighted by Crippen LogP contribution is 2.14.